The fourth-order valence-corrected chi connectivity index (χ4v) is 8.14. The lowest BCUT2D eigenvalue weighted by Crippen LogP contribution is -2.38. The van der Waals surface area contributed by atoms with Crippen molar-refractivity contribution >= 4 is 29.3 Å². The Hall–Kier alpha value is -5.77. The van der Waals surface area contributed by atoms with E-state index in [4.69, 9.17) is 18.9 Å². The molecular formula is C53H65F6N3O7. The zero-order chi connectivity index (χ0) is 50.8. The lowest BCUT2D eigenvalue weighted by atomic mass is 9.96. The summed E-state index contributed by atoms with van der Waals surface area (Å²) in [5, 5.41) is 0. The van der Waals surface area contributed by atoms with Gasteiger partial charge in [-0.15, -0.1) is 0 Å². The van der Waals surface area contributed by atoms with Crippen molar-refractivity contribution in [2.45, 2.75) is 119 Å². The van der Waals surface area contributed by atoms with Gasteiger partial charge in [-0.3, -0.25) is 19.4 Å². The van der Waals surface area contributed by atoms with Crippen LogP contribution in [-0.4, -0.2) is 68.3 Å². The van der Waals surface area contributed by atoms with Crippen molar-refractivity contribution < 1.29 is 59.7 Å². The van der Waals surface area contributed by atoms with Gasteiger partial charge in [0.05, 0.1) is 36.4 Å². The Morgan fingerprint density at radius 3 is 1.57 bits per heavy atom. The van der Waals surface area contributed by atoms with Crippen LogP contribution in [0.15, 0.2) is 72.8 Å². The number of likely N-dealkylation sites (N-methyl/N-ethyl adjacent to an activating group) is 1. The van der Waals surface area contributed by atoms with Crippen molar-refractivity contribution in [3.63, 3.8) is 0 Å². The summed E-state index contributed by atoms with van der Waals surface area (Å²) in [7, 11) is 1.78. The van der Waals surface area contributed by atoms with Crippen LogP contribution in [0.5, 0.6) is 11.5 Å². The summed E-state index contributed by atoms with van der Waals surface area (Å²) in [6.07, 6.45) is -6.95. The largest absolute Gasteiger partial charge is 0.489 e. The molecule has 376 valence electrons. The maximum absolute atomic E-state index is 13.6. The highest BCUT2D eigenvalue weighted by atomic mass is 19.4. The molecule has 0 fully saturated rings. The summed E-state index contributed by atoms with van der Waals surface area (Å²) in [5.41, 5.74) is 3.16. The van der Waals surface area contributed by atoms with E-state index < -0.39 is 35.2 Å². The van der Waals surface area contributed by atoms with Crippen molar-refractivity contribution in [2.75, 3.05) is 49.6 Å². The number of ether oxygens (including phenoxy) is 4. The smallest absolute Gasteiger partial charge is 0.416 e. The van der Waals surface area contributed by atoms with E-state index in [1.165, 1.54) is 18.2 Å². The van der Waals surface area contributed by atoms with Crippen LogP contribution in [-0.2, 0) is 70.3 Å². The number of hydrogen-bond acceptors (Lipinski definition) is 8. The Labute approximate surface area is 401 Å². The molecule has 69 heavy (non-hydrogen) atoms. The Bertz CT molecular complexity index is 2410. The first kappa shape index (κ1) is 54.2. The van der Waals surface area contributed by atoms with Crippen LogP contribution in [0.3, 0.4) is 0 Å². The molecule has 0 saturated heterocycles. The van der Waals surface area contributed by atoms with E-state index >= 15 is 0 Å². The molecule has 2 aliphatic rings. The minimum absolute atomic E-state index is 0.0116. The van der Waals surface area contributed by atoms with Crippen LogP contribution in [0.2, 0.25) is 0 Å². The molecule has 0 aromatic heterocycles. The second-order valence-corrected chi connectivity index (χ2v) is 19.3. The minimum atomic E-state index is -4.42. The molecule has 0 N–H and O–H groups in total. The number of amides is 2. The van der Waals surface area contributed by atoms with Gasteiger partial charge in [0.25, 0.3) is 0 Å². The molecule has 0 saturated carbocycles. The van der Waals surface area contributed by atoms with E-state index in [1.54, 1.807) is 71.1 Å². The number of carbonyl (C=O) groups is 3. The Morgan fingerprint density at radius 2 is 1.13 bits per heavy atom. The van der Waals surface area contributed by atoms with Crippen molar-refractivity contribution in [1.29, 1.82) is 0 Å². The SMILES string of the molecule is CC(C)Cc1ccc(COc2ccc3c(c2)CCN3C(=O)OC(C)(C)C)cc1C(F)(F)F.CCOC(=O)CCN(C)CC(=O)N1CCc2cc(OCc3ccc(CC(C)C)c(C(F)(F)F)c3)ccc21. The summed E-state index contributed by atoms with van der Waals surface area (Å²) in [4.78, 5) is 41.9. The van der Waals surface area contributed by atoms with Crippen LogP contribution in [0.1, 0.15) is 106 Å². The van der Waals surface area contributed by atoms with Gasteiger partial charge in [-0.2, -0.15) is 26.3 Å². The van der Waals surface area contributed by atoms with Gasteiger partial charge >= 0.3 is 24.4 Å². The fraction of sp³-hybridized carbons (Fsp3) is 0.491. The highest BCUT2D eigenvalue weighted by molar-refractivity contribution is 5.97. The maximum Gasteiger partial charge on any atom is 0.416 e. The highest BCUT2D eigenvalue weighted by Crippen LogP contribution is 2.37. The molecule has 2 amide bonds. The number of rotatable bonds is 16. The quantitative estimate of drug-likeness (QED) is 0.0809. The molecule has 4 aromatic rings. The molecule has 0 radical (unpaired) electrons. The van der Waals surface area contributed by atoms with Gasteiger partial charge < -0.3 is 23.8 Å². The van der Waals surface area contributed by atoms with Gasteiger partial charge in [-0.05, 0) is 154 Å². The summed E-state index contributed by atoms with van der Waals surface area (Å²) >= 11 is 0. The summed E-state index contributed by atoms with van der Waals surface area (Å²) < 4.78 is 103. The molecule has 0 unspecified atom stereocenters. The molecule has 0 bridgehead atoms. The second-order valence-electron chi connectivity index (χ2n) is 19.3. The molecule has 10 nitrogen and oxygen atoms in total. The number of anilines is 2. The predicted octanol–water partition coefficient (Wildman–Crippen LogP) is 12.0. The van der Waals surface area contributed by atoms with Crippen LogP contribution in [0.25, 0.3) is 0 Å². The third-order valence-corrected chi connectivity index (χ3v) is 11.2. The molecule has 0 aliphatic carbocycles. The van der Waals surface area contributed by atoms with E-state index in [2.05, 4.69) is 0 Å². The molecule has 16 heteroatoms. The van der Waals surface area contributed by atoms with Crippen LogP contribution in [0, 0.1) is 11.8 Å². The number of halogens is 6. The second kappa shape index (κ2) is 23.2. The molecule has 4 aromatic carbocycles. The van der Waals surface area contributed by atoms with Crippen molar-refractivity contribution in [3.8, 4) is 11.5 Å². The summed E-state index contributed by atoms with van der Waals surface area (Å²) in [6, 6.07) is 19.5. The number of benzene rings is 4. The van der Waals surface area contributed by atoms with Gasteiger partial charge in [0.15, 0.2) is 0 Å². The number of esters is 1. The first-order chi connectivity index (χ1) is 32.3. The molecule has 2 aliphatic heterocycles. The van der Waals surface area contributed by atoms with Gasteiger partial charge in [0.1, 0.15) is 30.3 Å². The molecule has 0 spiro atoms. The van der Waals surface area contributed by atoms with E-state index in [1.807, 2.05) is 60.6 Å². The lowest BCUT2D eigenvalue weighted by molar-refractivity contribution is -0.143. The topological polar surface area (TPSA) is 97.8 Å². The van der Waals surface area contributed by atoms with Gasteiger partial charge in [0.2, 0.25) is 5.91 Å². The number of fused-ring (bicyclic) bond motifs is 2. The Balaban J connectivity index is 0.000000260. The molecule has 2 heterocycles. The van der Waals surface area contributed by atoms with E-state index in [9.17, 15) is 40.7 Å². The van der Waals surface area contributed by atoms with Gasteiger partial charge in [0, 0.05) is 25.3 Å². The average molecular weight is 970 g/mol. The Morgan fingerprint density at radius 1 is 0.667 bits per heavy atom. The van der Waals surface area contributed by atoms with Crippen molar-refractivity contribution in [2.24, 2.45) is 11.8 Å². The summed E-state index contributed by atoms with van der Waals surface area (Å²) in [5.74, 6) is 0.979. The first-order valence-electron chi connectivity index (χ1n) is 23.4. The standard InChI is InChI=1S/C28H35F3N2O4.C25H30F3NO3/c1-5-36-27(35)11-12-32(4)17-26(34)33-13-10-22-16-23(8-9-25(22)33)37-18-20-6-7-21(14-19(2)3)24(15-20)28(29,30)31;1-16(2)12-18-7-6-17(13-21(18)25(26,27)28)15-31-20-8-9-22-19(14-20)10-11-29(22)23(30)32-24(3,4)5/h6-9,15-16,19H,5,10-14,17-18H2,1-4H3;6-9,13-14,16H,10-12,15H2,1-5H3. The van der Waals surface area contributed by atoms with E-state index in [0.717, 1.165) is 22.5 Å². The minimum Gasteiger partial charge on any atom is -0.489 e. The van der Waals surface area contributed by atoms with Crippen LogP contribution < -0.4 is 19.3 Å². The maximum atomic E-state index is 13.6. The zero-order valence-electron chi connectivity index (χ0n) is 41.0. The molecular weight excluding hydrogens is 905 g/mol. The normalized spacial score (nSPS) is 13.6. The van der Waals surface area contributed by atoms with Crippen LogP contribution >= 0.6 is 0 Å². The monoisotopic (exact) mass is 969 g/mol. The Kier molecular flexibility index (Phi) is 18.2. The van der Waals surface area contributed by atoms with Gasteiger partial charge in [-0.1, -0.05) is 52.0 Å². The van der Waals surface area contributed by atoms with Crippen LogP contribution in [0.4, 0.5) is 42.5 Å². The number of nitrogens with zero attached hydrogens (tertiary/aromatic N) is 3. The number of carbonyl (C=O) groups excluding carboxylic acids is 3. The summed E-state index contributed by atoms with van der Waals surface area (Å²) in [6.45, 7) is 16.8. The number of hydrogen-bond donors (Lipinski definition) is 0. The fourth-order valence-electron chi connectivity index (χ4n) is 8.14. The average Bonchev–Trinajstić information content (AvgIpc) is 3.88. The first-order valence-corrected chi connectivity index (χ1v) is 23.4. The molecule has 6 rings (SSSR count). The number of alkyl halides is 6. The van der Waals surface area contributed by atoms with Gasteiger partial charge in [-0.25, -0.2) is 4.79 Å². The predicted molar refractivity (Wildman–Crippen MR) is 254 cm³/mol. The third-order valence-electron chi connectivity index (χ3n) is 11.2. The van der Waals surface area contributed by atoms with Crippen molar-refractivity contribution in [1.82, 2.24) is 4.90 Å². The van der Waals surface area contributed by atoms with Crippen molar-refractivity contribution in [3.05, 3.63) is 117 Å². The lowest BCUT2D eigenvalue weighted by Gasteiger charge is -2.24. The van der Waals surface area contributed by atoms with E-state index in [0.29, 0.717) is 85.7 Å². The highest BCUT2D eigenvalue weighted by Gasteiger charge is 2.35. The molecule has 0 atom stereocenters. The van der Waals surface area contributed by atoms with E-state index in [-0.39, 0.29) is 49.9 Å². The zero-order valence-corrected chi connectivity index (χ0v) is 41.0. The third kappa shape index (κ3) is 15.9.